The van der Waals surface area contributed by atoms with Gasteiger partial charge in [0.25, 0.3) is 5.56 Å². The Morgan fingerprint density at radius 1 is 0.771 bits per heavy atom. The summed E-state index contributed by atoms with van der Waals surface area (Å²) in [5, 5.41) is 0. The molecular formula is C28H24N2O4Te. The SMILES string of the molecule is O=c1ccn([C@H]2C=C[C@@H](COC(c3ccccc3)(c3ccccc3)c3ccccc3)O2)c(=O)[nH]1.[Te]. The van der Waals surface area contributed by atoms with Crippen LogP contribution in [0.1, 0.15) is 22.9 Å². The summed E-state index contributed by atoms with van der Waals surface area (Å²) in [6, 6.07) is 31.7. The molecule has 2 radical (unpaired) electrons. The first-order valence-electron chi connectivity index (χ1n) is 11.1. The van der Waals surface area contributed by atoms with E-state index in [9.17, 15) is 9.59 Å². The molecule has 0 saturated heterocycles. The summed E-state index contributed by atoms with van der Waals surface area (Å²) < 4.78 is 14.2. The van der Waals surface area contributed by atoms with Crippen LogP contribution in [0.4, 0.5) is 0 Å². The molecule has 0 amide bonds. The van der Waals surface area contributed by atoms with Crippen molar-refractivity contribution in [2.75, 3.05) is 6.61 Å². The molecule has 4 aromatic rings. The Balaban J connectivity index is 0.00000289. The number of nitrogens with one attached hydrogen (secondary N) is 1. The number of hydrogen-bond acceptors (Lipinski definition) is 4. The van der Waals surface area contributed by atoms with E-state index in [-0.39, 0.29) is 36.4 Å². The van der Waals surface area contributed by atoms with Gasteiger partial charge in [-0.15, -0.1) is 0 Å². The molecule has 0 spiro atoms. The normalized spacial score (nSPS) is 17.1. The van der Waals surface area contributed by atoms with Gasteiger partial charge in [-0.1, -0.05) is 97.1 Å². The van der Waals surface area contributed by atoms with Crippen LogP contribution >= 0.6 is 0 Å². The summed E-state index contributed by atoms with van der Waals surface area (Å²) >= 11 is 0. The maximum absolute atomic E-state index is 12.2. The van der Waals surface area contributed by atoms with E-state index in [1.54, 1.807) is 6.08 Å². The molecule has 0 aliphatic carbocycles. The fraction of sp³-hybridized carbons (Fsp3) is 0.143. The third-order valence-corrected chi connectivity index (χ3v) is 5.93. The number of hydrogen-bond donors (Lipinski definition) is 1. The molecule has 0 unspecified atom stereocenters. The molecular weight excluding hydrogens is 556 g/mol. The maximum atomic E-state index is 12.2. The predicted molar refractivity (Wildman–Crippen MR) is 135 cm³/mol. The average Bonchev–Trinajstić information content (AvgIpc) is 3.35. The van der Waals surface area contributed by atoms with Crippen LogP contribution in [0, 0.1) is 0 Å². The minimum absolute atomic E-state index is 0. The minimum Gasteiger partial charge on any atom is -0.358 e. The molecule has 1 aliphatic heterocycles. The smallest absolute Gasteiger partial charge is 0.330 e. The Bertz CT molecular complexity index is 1290. The first-order valence-corrected chi connectivity index (χ1v) is 11.1. The molecule has 1 aromatic heterocycles. The van der Waals surface area contributed by atoms with Crippen LogP contribution < -0.4 is 11.2 Å². The standard InChI is InChI=1S/C28H24N2O4.Te/c31-25-18-19-30(27(32)29-25)26-17-16-24(34-26)20-33-28(21-10-4-1-5-11-21,22-12-6-2-7-13-22)23-14-8-3-9-15-23;/h1-19,24,26H,20H2,(H,29,31,32);/t24-,26+;/m0./s1. The van der Waals surface area contributed by atoms with Gasteiger partial charge in [0.15, 0.2) is 6.23 Å². The quantitative estimate of drug-likeness (QED) is 0.206. The van der Waals surface area contributed by atoms with E-state index >= 15 is 0 Å². The maximum Gasteiger partial charge on any atom is 0.330 e. The van der Waals surface area contributed by atoms with Crippen LogP contribution in [0.15, 0.2) is 125 Å². The van der Waals surface area contributed by atoms with Crippen LogP contribution in [-0.2, 0) is 15.1 Å². The summed E-state index contributed by atoms with van der Waals surface area (Å²) in [5.41, 5.74) is 1.19. The fourth-order valence-corrected chi connectivity index (χ4v) is 4.35. The van der Waals surface area contributed by atoms with Gasteiger partial charge in [0, 0.05) is 35.9 Å². The van der Waals surface area contributed by atoms with Crippen LogP contribution in [0.3, 0.4) is 0 Å². The summed E-state index contributed by atoms with van der Waals surface area (Å²) in [6.07, 6.45) is 4.12. The van der Waals surface area contributed by atoms with Crippen molar-refractivity contribution in [3.63, 3.8) is 0 Å². The third kappa shape index (κ3) is 5.09. The molecule has 1 aliphatic rings. The molecule has 0 bridgehead atoms. The minimum atomic E-state index is -0.853. The van der Waals surface area contributed by atoms with Gasteiger partial charge in [-0.25, -0.2) is 4.79 Å². The molecule has 3 aromatic carbocycles. The van der Waals surface area contributed by atoms with Crippen molar-refractivity contribution in [1.29, 1.82) is 0 Å². The number of H-pyrrole nitrogens is 1. The molecule has 0 saturated carbocycles. The van der Waals surface area contributed by atoms with Crippen molar-refractivity contribution in [1.82, 2.24) is 9.55 Å². The number of nitrogens with zero attached hydrogens (tertiary/aromatic N) is 1. The Hall–Kier alpha value is -3.21. The van der Waals surface area contributed by atoms with Crippen molar-refractivity contribution >= 4 is 23.7 Å². The predicted octanol–water partition coefficient (Wildman–Crippen LogP) is 3.62. The summed E-state index contributed by atoms with van der Waals surface area (Å²) in [7, 11) is 0. The Morgan fingerprint density at radius 2 is 1.29 bits per heavy atom. The van der Waals surface area contributed by atoms with E-state index in [0.29, 0.717) is 0 Å². The molecule has 0 fully saturated rings. The second-order valence-corrected chi connectivity index (χ2v) is 8.06. The van der Waals surface area contributed by atoms with Crippen LogP contribution in [0.2, 0.25) is 0 Å². The molecule has 2 heterocycles. The van der Waals surface area contributed by atoms with Crippen LogP contribution in [-0.4, -0.2) is 45.9 Å². The zero-order valence-corrected chi connectivity index (χ0v) is 21.2. The van der Waals surface area contributed by atoms with E-state index in [2.05, 4.69) is 41.4 Å². The van der Waals surface area contributed by atoms with Gasteiger partial charge < -0.3 is 9.47 Å². The molecule has 5 rings (SSSR count). The second kappa shape index (κ2) is 11.0. The summed E-state index contributed by atoms with van der Waals surface area (Å²) in [6.45, 7) is 0.254. The van der Waals surface area contributed by atoms with Gasteiger partial charge in [-0.2, -0.15) is 0 Å². The number of aromatic amines is 1. The van der Waals surface area contributed by atoms with Gasteiger partial charge in [-0.05, 0) is 22.8 Å². The van der Waals surface area contributed by atoms with Gasteiger partial charge in [0.05, 0.1) is 6.61 Å². The molecule has 2 atom stereocenters. The number of rotatable bonds is 7. The molecule has 7 heteroatoms. The number of benzene rings is 3. The largest absolute Gasteiger partial charge is 0.358 e. The Morgan fingerprint density at radius 3 is 1.77 bits per heavy atom. The van der Waals surface area contributed by atoms with E-state index in [1.165, 1.54) is 16.8 Å². The summed E-state index contributed by atoms with van der Waals surface area (Å²) in [4.78, 5) is 25.8. The van der Waals surface area contributed by atoms with Gasteiger partial charge >= 0.3 is 5.69 Å². The second-order valence-electron chi connectivity index (χ2n) is 8.06. The Kier molecular flexibility index (Phi) is 7.84. The van der Waals surface area contributed by atoms with E-state index in [1.807, 2.05) is 60.7 Å². The molecule has 35 heavy (non-hydrogen) atoms. The zero-order valence-electron chi connectivity index (χ0n) is 18.8. The first kappa shape index (κ1) is 24.9. The average molecular weight is 580 g/mol. The van der Waals surface area contributed by atoms with Crippen molar-refractivity contribution in [3.8, 4) is 0 Å². The monoisotopic (exact) mass is 582 g/mol. The van der Waals surface area contributed by atoms with Gasteiger partial charge in [0.2, 0.25) is 0 Å². The zero-order chi connectivity index (χ0) is 23.4. The topological polar surface area (TPSA) is 73.3 Å². The fourth-order valence-electron chi connectivity index (χ4n) is 4.35. The van der Waals surface area contributed by atoms with Crippen molar-refractivity contribution in [2.45, 2.75) is 17.9 Å². The van der Waals surface area contributed by atoms with E-state index in [4.69, 9.17) is 9.47 Å². The Labute approximate surface area is 219 Å². The van der Waals surface area contributed by atoms with Crippen LogP contribution in [0.5, 0.6) is 0 Å². The van der Waals surface area contributed by atoms with Crippen molar-refractivity contribution in [2.24, 2.45) is 0 Å². The third-order valence-electron chi connectivity index (χ3n) is 5.93. The number of aromatic nitrogens is 2. The molecule has 1 N–H and O–H groups in total. The van der Waals surface area contributed by atoms with E-state index < -0.39 is 23.1 Å². The number of ether oxygens (including phenoxy) is 2. The van der Waals surface area contributed by atoms with Gasteiger partial charge in [0.1, 0.15) is 11.7 Å². The molecule has 6 nitrogen and oxygen atoms in total. The van der Waals surface area contributed by atoms with Crippen molar-refractivity contribution < 1.29 is 9.47 Å². The van der Waals surface area contributed by atoms with Crippen molar-refractivity contribution in [3.05, 3.63) is 153 Å². The van der Waals surface area contributed by atoms with Gasteiger partial charge in [-0.3, -0.25) is 14.3 Å². The summed E-state index contributed by atoms with van der Waals surface area (Å²) in [5.74, 6) is 0. The molecule has 176 valence electrons. The first-order chi connectivity index (χ1) is 16.7. The van der Waals surface area contributed by atoms with Crippen LogP contribution in [0.25, 0.3) is 0 Å². The van der Waals surface area contributed by atoms with E-state index in [0.717, 1.165) is 16.7 Å².